The van der Waals surface area contributed by atoms with Crippen molar-refractivity contribution in [2.24, 2.45) is 0 Å². The van der Waals surface area contributed by atoms with Crippen molar-refractivity contribution in [2.75, 3.05) is 66.8 Å². The van der Waals surface area contributed by atoms with E-state index in [0.717, 1.165) is 19.7 Å². The van der Waals surface area contributed by atoms with Crippen molar-refractivity contribution in [1.29, 1.82) is 0 Å². The molecular formula is C12H26N2O3. The molecule has 1 N–H and O–H groups in total. The van der Waals surface area contributed by atoms with E-state index in [2.05, 4.69) is 10.2 Å². The largest absolute Gasteiger partial charge is 0.382 e. The Morgan fingerprint density at radius 1 is 1.12 bits per heavy atom. The van der Waals surface area contributed by atoms with Gasteiger partial charge < -0.3 is 19.5 Å². The van der Waals surface area contributed by atoms with Gasteiger partial charge in [0.1, 0.15) is 0 Å². The number of methoxy groups -OCH3 is 1. The Morgan fingerprint density at radius 3 is 2.47 bits per heavy atom. The summed E-state index contributed by atoms with van der Waals surface area (Å²) in [5.41, 5.74) is 0. The highest BCUT2D eigenvalue weighted by Gasteiger charge is 2.19. The van der Waals surface area contributed by atoms with Crippen LogP contribution in [0.4, 0.5) is 0 Å². The molecule has 1 aliphatic heterocycles. The Bertz CT molecular complexity index is 181. The third kappa shape index (κ3) is 6.95. The zero-order valence-electron chi connectivity index (χ0n) is 11.1. The molecule has 102 valence electrons. The molecule has 0 aromatic heterocycles. The first-order valence-corrected chi connectivity index (χ1v) is 6.41. The Labute approximate surface area is 104 Å². The average molecular weight is 246 g/mol. The van der Waals surface area contributed by atoms with E-state index < -0.39 is 0 Å². The van der Waals surface area contributed by atoms with Crippen LogP contribution in [0.2, 0.25) is 0 Å². The normalized spacial score (nSPS) is 21.2. The molecule has 1 aliphatic rings. The predicted molar refractivity (Wildman–Crippen MR) is 67.4 cm³/mol. The zero-order chi connectivity index (χ0) is 12.3. The SMILES string of the molecule is CNC1CCN(CCOCCOCCOC)C1. The summed E-state index contributed by atoms with van der Waals surface area (Å²) in [6.07, 6.45) is 1.25. The second-order valence-corrected chi connectivity index (χ2v) is 4.29. The molecule has 1 atom stereocenters. The van der Waals surface area contributed by atoms with Crippen LogP contribution in [0.15, 0.2) is 0 Å². The maximum absolute atomic E-state index is 5.52. The smallest absolute Gasteiger partial charge is 0.0701 e. The summed E-state index contributed by atoms with van der Waals surface area (Å²) in [6, 6.07) is 0.660. The number of hydrogen-bond acceptors (Lipinski definition) is 5. The van der Waals surface area contributed by atoms with Gasteiger partial charge >= 0.3 is 0 Å². The fourth-order valence-electron chi connectivity index (χ4n) is 1.93. The van der Waals surface area contributed by atoms with Gasteiger partial charge in [0.15, 0.2) is 0 Å². The summed E-state index contributed by atoms with van der Waals surface area (Å²) in [6.45, 7) is 6.77. The van der Waals surface area contributed by atoms with Crippen LogP contribution in [0.3, 0.4) is 0 Å². The molecule has 0 saturated carbocycles. The lowest BCUT2D eigenvalue weighted by Gasteiger charge is -2.15. The number of ether oxygens (including phenoxy) is 3. The third-order valence-corrected chi connectivity index (χ3v) is 3.04. The van der Waals surface area contributed by atoms with E-state index in [1.54, 1.807) is 7.11 Å². The van der Waals surface area contributed by atoms with Gasteiger partial charge in [0, 0.05) is 26.2 Å². The van der Waals surface area contributed by atoms with E-state index in [4.69, 9.17) is 14.2 Å². The molecule has 0 aromatic carbocycles. The summed E-state index contributed by atoms with van der Waals surface area (Å²) in [7, 11) is 3.70. The number of hydrogen-bond donors (Lipinski definition) is 1. The van der Waals surface area contributed by atoms with E-state index >= 15 is 0 Å². The molecule has 5 heteroatoms. The molecule has 0 amide bonds. The summed E-state index contributed by atoms with van der Waals surface area (Å²) in [5, 5.41) is 3.31. The number of rotatable bonds is 10. The molecule has 1 heterocycles. The minimum atomic E-state index is 0.649. The van der Waals surface area contributed by atoms with Crippen LogP contribution >= 0.6 is 0 Å². The van der Waals surface area contributed by atoms with Gasteiger partial charge in [-0.15, -0.1) is 0 Å². The van der Waals surface area contributed by atoms with Crippen molar-refractivity contribution in [3.8, 4) is 0 Å². The third-order valence-electron chi connectivity index (χ3n) is 3.04. The number of nitrogens with one attached hydrogen (secondary N) is 1. The second-order valence-electron chi connectivity index (χ2n) is 4.29. The molecule has 17 heavy (non-hydrogen) atoms. The molecule has 5 nitrogen and oxygen atoms in total. The first kappa shape index (κ1) is 14.9. The first-order valence-electron chi connectivity index (χ1n) is 6.41. The Kier molecular flexibility index (Phi) is 8.56. The number of likely N-dealkylation sites (tertiary alicyclic amines) is 1. The van der Waals surface area contributed by atoms with E-state index in [1.165, 1.54) is 13.0 Å². The highest BCUT2D eigenvalue weighted by molar-refractivity contribution is 4.79. The highest BCUT2D eigenvalue weighted by atomic mass is 16.5. The number of nitrogens with zero attached hydrogens (tertiary/aromatic N) is 1. The average Bonchev–Trinajstić information content (AvgIpc) is 2.80. The minimum Gasteiger partial charge on any atom is -0.382 e. The van der Waals surface area contributed by atoms with E-state index in [0.29, 0.717) is 32.5 Å². The fraction of sp³-hybridized carbons (Fsp3) is 1.00. The second kappa shape index (κ2) is 9.79. The Balaban J connectivity index is 1.81. The predicted octanol–water partition coefficient (Wildman–Crippen LogP) is -0.0403. The molecule has 1 saturated heterocycles. The summed E-state index contributed by atoms with van der Waals surface area (Å²) in [5.74, 6) is 0. The molecule has 1 unspecified atom stereocenters. The maximum Gasteiger partial charge on any atom is 0.0701 e. The van der Waals surface area contributed by atoms with Crippen LogP contribution in [0, 0.1) is 0 Å². The van der Waals surface area contributed by atoms with Crippen molar-refractivity contribution in [2.45, 2.75) is 12.5 Å². The van der Waals surface area contributed by atoms with Crippen molar-refractivity contribution in [3.63, 3.8) is 0 Å². The molecule has 1 rings (SSSR count). The summed E-state index contributed by atoms with van der Waals surface area (Å²) >= 11 is 0. The van der Waals surface area contributed by atoms with Gasteiger partial charge in [0.2, 0.25) is 0 Å². The van der Waals surface area contributed by atoms with Crippen molar-refractivity contribution in [1.82, 2.24) is 10.2 Å². The van der Waals surface area contributed by atoms with Gasteiger partial charge in [-0.1, -0.05) is 0 Å². The van der Waals surface area contributed by atoms with Crippen LogP contribution in [0.5, 0.6) is 0 Å². The van der Waals surface area contributed by atoms with Gasteiger partial charge in [0.05, 0.1) is 33.0 Å². The van der Waals surface area contributed by atoms with E-state index in [1.807, 2.05) is 7.05 Å². The lowest BCUT2D eigenvalue weighted by atomic mass is 10.3. The van der Waals surface area contributed by atoms with Crippen molar-refractivity contribution < 1.29 is 14.2 Å². The number of likely N-dealkylation sites (N-methyl/N-ethyl adjacent to an activating group) is 1. The lowest BCUT2D eigenvalue weighted by molar-refractivity contribution is 0.0206. The van der Waals surface area contributed by atoms with E-state index in [9.17, 15) is 0 Å². The highest BCUT2D eigenvalue weighted by Crippen LogP contribution is 2.07. The molecule has 0 aliphatic carbocycles. The Morgan fingerprint density at radius 2 is 1.82 bits per heavy atom. The lowest BCUT2D eigenvalue weighted by Crippen LogP contribution is -2.31. The van der Waals surface area contributed by atoms with Gasteiger partial charge in [0.25, 0.3) is 0 Å². The molecule has 0 radical (unpaired) electrons. The first-order chi connectivity index (χ1) is 8.36. The van der Waals surface area contributed by atoms with E-state index in [-0.39, 0.29) is 0 Å². The van der Waals surface area contributed by atoms with Crippen LogP contribution in [-0.4, -0.2) is 77.8 Å². The Hall–Kier alpha value is -0.200. The summed E-state index contributed by atoms with van der Waals surface area (Å²) < 4.78 is 15.7. The van der Waals surface area contributed by atoms with Crippen LogP contribution in [0.25, 0.3) is 0 Å². The minimum absolute atomic E-state index is 0.649. The monoisotopic (exact) mass is 246 g/mol. The van der Waals surface area contributed by atoms with Gasteiger partial charge in [-0.2, -0.15) is 0 Å². The van der Waals surface area contributed by atoms with Gasteiger partial charge in [-0.25, -0.2) is 0 Å². The maximum atomic E-state index is 5.52. The van der Waals surface area contributed by atoms with Crippen molar-refractivity contribution >= 4 is 0 Å². The molecular weight excluding hydrogens is 220 g/mol. The van der Waals surface area contributed by atoms with Crippen LogP contribution in [-0.2, 0) is 14.2 Å². The van der Waals surface area contributed by atoms with Crippen LogP contribution in [0.1, 0.15) is 6.42 Å². The van der Waals surface area contributed by atoms with Gasteiger partial charge in [-0.05, 0) is 20.0 Å². The molecule has 0 bridgehead atoms. The van der Waals surface area contributed by atoms with Gasteiger partial charge in [-0.3, -0.25) is 4.90 Å². The quantitative estimate of drug-likeness (QED) is 0.548. The topological polar surface area (TPSA) is 43.0 Å². The molecule has 0 aromatic rings. The van der Waals surface area contributed by atoms with Crippen LogP contribution < -0.4 is 5.32 Å². The standard InChI is InChI=1S/C12H26N2O3/c1-13-12-3-4-14(11-12)5-6-16-9-10-17-8-7-15-2/h12-13H,3-11H2,1-2H3. The summed E-state index contributed by atoms with van der Waals surface area (Å²) in [4.78, 5) is 2.44. The van der Waals surface area contributed by atoms with Crippen molar-refractivity contribution in [3.05, 3.63) is 0 Å². The zero-order valence-corrected chi connectivity index (χ0v) is 11.1. The molecule has 1 fully saturated rings. The molecule has 0 spiro atoms. The fourth-order valence-corrected chi connectivity index (χ4v) is 1.93.